The highest BCUT2D eigenvalue weighted by Gasteiger charge is 2.29. The van der Waals surface area contributed by atoms with Gasteiger partial charge in [0.15, 0.2) is 0 Å². The Morgan fingerprint density at radius 3 is 2.55 bits per heavy atom. The highest BCUT2D eigenvalue weighted by Crippen LogP contribution is 2.23. The molecule has 1 aromatic carbocycles. The summed E-state index contributed by atoms with van der Waals surface area (Å²) in [7, 11) is -1.41. The van der Waals surface area contributed by atoms with Crippen LogP contribution in [-0.2, 0) is 10.0 Å². The van der Waals surface area contributed by atoms with Gasteiger partial charge in [-0.15, -0.1) is 12.4 Å². The number of halogens is 1. The summed E-state index contributed by atoms with van der Waals surface area (Å²) in [5.41, 5.74) is 1.07. The van der Waals surface area contributed by atoms with Crippen LogP contribution in [-0.4, -0.2) is 39.4 Å². The third kappa shape index (κ3) is 3.95. The highest BCUT2D eigenvalue weighted by atomic mass is 35.5. The molecule has 0 spiro atoms. The Morgan fingerprint density at radius 2 is 1.95 bits per heavy atom. The van der Waals surface area contributed by atoms with Crippen molar-refractivity contribution >= 4 is 22.4 Å². The van der Waals surface area contributed by atoms with Gasteiger partial charge in [-0.25, -0.2) is 8.42 Å². The van der Waals surface area contributed by atoms with E-state index < -0.39 is 10.0 Å². The Kier molecular flexibility index (Phi) is 6.45. The van der Waals surface area contributed by atoms with Gasteiger partial charge in [-0.3, -0.25) is 0 Å². The van der Waals surface area contributed by atoms with Crippen LogP contribution in [0.3, 0.4) is 0 Å². The number of benzene rings is 1. The lowest BCUT2D eigenvalue weighted by atomic mass is 10.00. The summed E-state index contributed by atoms with van der Waals surface area (Å²) in [6, 6.07) is 7.10. The molecule has 1 N–H and O–H groups in total. The Balaban J connectivity index is 0.00000200. The molecule has 1 fully saturated rings. The molecule has 1 aliphatic heterocycles. The summed E-state index contributed by atoms with van der Waals surface area (Å²) < 4.78 is 26.7. The van der Waals surface area contributed by atoms with E-state index in [0.29, 0.717) is 23.9 Å². The van der Waals surface area contributed by atoms with Gasteiger partial charge in [-0.05, 0) is 51.4 Å². The zero-order chi connectivity index (χ0) is 13.9. The number of piperidine rings is 1. The molecule has 1 aromatic rings. The predicted molar refractivity (Wildman–Crippen MR) is 83.8 cm³/mol. The van der Waals surface area contributed by atoms with Crippen molar-refractivity contribution in [1.29, 1.82) is 0 Å². The summed E-state index contributed by atoms with van der Waals surface area (Å²) in [6.45, 7) is 4.09. The van der Waals surface area contributed by atoms with Gasteiger partial charge in [-0.2, -0.15) is 4.31 Å². The zero-order valence-electron chi connectivity index (χ0n) is 12.0. The average molecular weight is 319 g/mol. The SMILES string of the molecule is CNCC1CCCN(S(=O)(=O)c2ccc(C)cc2)C1.Cl. The molecular weight excluding hydrogens is 296 g/mol. The topological polar surface area (TPSA) is 49.4 Å². The van der Waals surface area contributed by atoms with Crippen molar-refractivity contribution in [3.8, 4) is 0 Å². The van der Waals surface area contributed by atoms with Crippen LogP contribution < -0.4 is 5.32 Å². The van der Waals surface area contributed by atoms with Crippen LogP contribution in [0.2, 0.25) is 0 Å². The standard InChI is InChI=1S/C14H22N2O2S.ClH/c1-12-5-7-14(8-6-12)19(17,18)16-9-3-4-13(11-16)10-15-2;/h5-8,13,15H,3-4,9-11H2,1-2H3;1H. The van der Waals surface area contributed by atoms with Gasteiger partial charge in [0.2, 0.25) is 10.0 Å². The van der Waals surface area contributed by atoms with Crippen molar-refractivity contribution < 1.29 is 8.42 Å². The van der Waals surface area contributed by atoms with Crippen molar-refractivity contribution in [3.63, 3.8) is 0 Å². The molecule has 1 unspecified atom stereocenters. The summed E-state index contributed by atoms with van der Waals surface area (Å²) in [5, 5.41) is 3.14. The predicted octanol–water partition coefficient (Wildman–Crippen LogP) is 2.04. The second-order valence-corrected chi connectivity index (χ2v) is 7.18. The normalized spacial score (nSPS) is 20.4. The van der Waals surface area contributed by atoms with E-state index in [1.165, 1.54) is 0 Å². The molecule has 1 aliphatic rings. The summed E-state index contributed by atoms with van der Waals surface area (Å²) in [4.78, 5) is 0.406. The van der Waals surface area contributed by atoms with E-state index in [-0.39, 0.29) is 12.4 Å². The minimum absolute atomic E-state index is 0. The molecule has 0 radical (unpaired) electrons. The second kappa shape index (κ2) is 7.41. The van der Waals surface area contributed by atoms with E-state index in [4.69, 9.17) is 0 Å². The fourth-order valence-electron chi connectivity index (χ4n) is 2.56. The number of rotatable bonds is 4. The minimum atomic E-state index is -3.32. The Morgan fingerprint density at radius 1 is 1.30 bits per heavy atom. The Bertz CT molecular complexity index is 514. The molecule has 2 rings (SSSR count). The third-order valence-electron chi connectivity index (χ3n) is 3.63. The van der Waals surface area contributed by atoms with Crippen LogP contribution in [0.15, 0.2) is 29.2 Å². The van der Waals surface area contributed by atoms with Crippen molar-refractivity contribution in [2.45, 2.75) is 24.7 Å². The Hall–Kier alpha value is -0.620. The van der Waals surface area contributed by atoms with Gasteiger partial charge in [0.1, 0.15) is 0 Å². The number of nitrogens with one attached hydrogen (secondary N) is 1. The van der Waals surface area contributed by atoms with Gasteiger partial charge >= 0.3 is 0 Å². The first-order valence-corrected chi connectivity index (χ1v) is 8.19. The lowest BCUT2D eigenvalue weighted by molar-refractivity contribution is 0.263. The molecule has 1 heterocycles. The smallest absolute Gasteiger partial charge is 0.243 e. The first-order valence-electron chi connectivity index (χ1n) is 6.75. The lowest BCUT2D eigenvalue weighted by Gasteiger charge is -2.31. The number of aryl methyl sites for hydroxylation is 1. The first-order chi connectivity index (χ1) is 9.04. The summed E-state index contributed by atoms with van der Waals surface area (Å²) in [5.74, 6) is 0.416. The monoisotopic (exact) mass is 318 g/mol. The largest absolute Gasteiger partial charge is 0.319 e. The molecule has 20 heavy (non-hydrogen) atoms. The van der Waals surface area contributed by atoms with Crippen LogP contribution >= 0.6 is 12.4 Å². The Labute approximate surface area is 128 Å². The first kappa shape index (κ1) is 17.4. The highest BCUT2D eigenvalue weighted by molar-refractivity contribution is 7.89. The van der Waals surface area contributed by atoms with E-state index in [1.807, 2.05) is 26.1 Å². The van der Waals surface area contributed by atoms with Crippen LogP contribution in [0.25, 0.3) is 0 Å². The molecule has 0 aromatic heterocycles. The van der Waals surface area contributed by atoms with E-state index in [2.05, 4.69) is 5.32 Å². The molecule has 114 valence electrons. The van der Waals surface area contributed by atoms with Crippen LogP contribution in [0.5, 0.6) is 0 Å². The van der Waals surface area contributed by atoms with E-state index in [9.17, 15) is 8.42 Å². The summed E-state index contributed by atoms with van der Waals surface area (Å²) >= 11 is 0. The van der Waals surface area contributed by atoms with E-state index in [1.54, 1.807) is 16.4 Å². The second-order valence-electron chi connectivity index (χ2n) is 5.24. The van der Waals surface area contributed by atoms with Gasteiger partial charge in [0, 0.05) is 13.1 Å². The maximum atomic E-state index is 12.6. The van der Waals surface area contributed by atoms with Crippen LogP contribution in [0.1, 0.15) is 18.4 Å². The molecular formula is C14H23ClN2O2S. The number of nitrogens with zero attached hydrogens (tertiary/aromatic N) is 1. The summed E-state index contributed by atoms with van der Waals surface area (Å²) in [6.07, 6.45) is 2.04. The van der Waals surface area contributed by atoms with Crippen molar-refractivity contribution in [3.05, 3.63) is 29.8 Å². The quantitative estimate of drug-likeness (QED) is 0.924. The molecule has 0 saturated carbocycles. The van der Waals surface area contributed by atoms with Gasteiger partial charge in [0.05, 0.1) is 4.90 Å². The van der Waals surface area contributed by atoms with E-state index >= 15 is 0 Å². The average Bonchev–Trinajstić information content (AvgIpc) is 2.40. The fraction of sp³-hybridized carbons (Fsp3) is 0.571. The van der Waals surface area contributed by atoms with Crippen molar-refractivity contribution in [2.75, 3.05) is 26.7 Å². The number of sulfonamides is 1. The molecule has 0 amide bonds. The number of hydrogen-bond donors (Lipinski definition) is 1. The van der Waals surface area contributed by atoms with Crippen LogP contribution in [0, 0.1) is 12.8 Å². The minimum Gasteiger partial charge on any atom is -0.319 e. The molecule has 0 aliphatic carbocycles. The van der Waals surface area contributed by atoms with Gasteiger partial charge in [-0.1, -0.05) is 17.7 Å². The maximum absolute atomic E-state index is 12.6. The van der Waals surface area contributed by atoms with E-state index in [0.717, 1.165) is 24.9 Å². The van der Waals surface area contributed by atoms with Crippen molar-refractivity contribution in [1.82, 2.24) is 9.62 Å². The third-order valence-corrected chi connectivity index (χ3v) is 5.51. The molecule has 4 nitrogen and oxygen atoms in total. The molecule has 0 bridgehead atoms. The molecule has 6 heteroatoms. The maximum Gasteiger partial charge on any atom is 0.243 e. The molecule has 1 saturated heterocycles. The molecule has 1 atom stereocenters. The fourth-order valence-corrected chi connectivity index (χ4v) is 4.11. The zero-order valence-corrected chi connectivity index (χ0v) is 13.6. The van der Waals surface area contributed by atoms with Crippen LogP contribution in [0.4, 0.5) is 0 Å². The lowest BCUT2D eigenvalue weighted by Crippen LogP contribution is -2.42. The van der Waals surface area contributed by atoms with Gasteiger partial charge in [0.25, 0.3) is 0 Å². The van der Waals surface area contributed by atoms with Gasteiger partial charge < -0.3 is 5.32 Å². The number of hydrogen-bond acceptors (Lipinski definition) is 3. The van der Waals surface area contributed by atoms with Crippen molar-refractivity contribution in [2.24, 2.45) is 5.92 Å².